The number of ether oxygens (including phenoxy) is 1. The molecule has 4 aliphatic carbocycles. The Labute approximate surface area is 204 Å². The van der Waals surface area contributed by atoms with Gasteiger partial charge in [-0.05, 0) is 92.3 Å². The van der Waals surface area contributed by atoms with Crippen LogP contribution < -0.4 is 0 Å². The van der Waals surface area contributed by atoms with Gasteiger partial charge in [0.15, 0.2) is 0 Å². The van der Waals surface area contributed by atoms with Gasteiger partial charge < -0.3 is 14.9 Å². The Morgan fingerprint density at radius 3 is 2.62 bits per heavy atom. The van der Waals surface area contributed by atoms with Crippen LogP contribution in [0.2, 0.25) is 0 Å². The maximum atomic E-state index is 12.2. The Morgan fingerprint density at radius 1 is 1.15 bits per heavy atom. The maximum absolute atomic E-state index is 12.2. The molecule has 188 valence electrons. The van der Waals surface area contributed by atoms with Crippen molar-refractivity contribution >= 4 is 0 Å². The van der Waals surface area contributed by atoms with E-state index >= 15 is 0 Å². The van der Waals surface area contributed by atoms with E-state index in [0.29, 0.717) is 47.8 Å². The van der Waals surface area contributed by atoms with E-state index in [9.17, 15) is 10.2 Å². The first-order valence-electron chi connectivity index (χ1n) is 13.4. The first kappa shape index (κ1) is 24.3. The predicted molar refractivity (Wildman–Crippen MR) is 130 cm³/mol. The summed E-state index contributed by atoms with van der Waals surface area (Å²) >= 11 is 0. The summed E-state index contributed by atoms with van der Waals surface area (Å²) in [6.07, 6.45) is 12.8. The second-order valence-electron chi connectivity index (χ2n) is 12.9. The zero-order chi connectivity index (χ0) is 24.4. The molecule has 0 amide bonds. The van der Waals surface area contributed by atoms with Gasteiger partial charge in [0.1, 0.15) is 6.07 Å². The summed E-state index contributed by atoms with van der Waals surface area (Å²) in [5.74, 6) is 2.57. The van der Waals surface area contributed by atoms with Gasteiger partial charge in [-0.3, -0.25) is 4.68 Å². The van der Waals surface area contributed by atoms with Gasteiger partial charge in [-0.2, -0.15) is 10.4 Å². The molecule has 6 heteroatoms. The van der Waals surface area contributed by atoms with Crippen LogP contribution >= 0.6 is 0 Å². The Hall–Kier alpha value is -1.42. The third-order valence-electron chi connectivity index (χ3n) is 11.5. The zero-order valence-electron chi connectivity index (χ0n) is 21.5. The fourth-order valence-corrected chi connectivity index (χ4v) is 9.54. The molecule has 4 fully saturated rings. The Kier molecular flexibility index (Phi) is 5.94. The summed E-state index contributed by atoms with van der Waals surface area (Å²) in [5.41, 5.74) is -0.572. The average molecular weight is 470 g/mol. The minimum atomic E-state index is -0.704. The van der Waals surface area contributed by atoms with Gasteiger partial charge >= 0.3 is 0 Å². The molecule has 1 heterocycles. The van der Waals surface area contributed by atoms with E-state index in [4.69, 9.17) is 10.00 Å². The summed E-state index contributed by atoms with van der Waals surface area (Å²) in [4.78, 5) is 0. The van der Waals surface area contributed by atoms with Crippen molar-refractivity contribution in [2.75, 3.05) is 13.7 Å². The van der Waals surface area contributed by atoms with Crippen LogP contribution in [0.1, 0.15) is 84.1 Å². The van der Waals surface area contributed by atoms with E-state index in [1.807, 2.05) is 4.68 Å². The molecule has 0 saturated heterocycles. The lowest BCUT2D eigenvalue weighted by Gasteiger charge is -2.63. The van der Waals surface area contributed by atoms with Crippen LogP contribution in [0.4, 0.5) is 0 Å². The smallest absolute Gasteiger partial charge is 0.102 e. The molecule has 0 bridgehead atoms. The zero-order valence-corrected chi connectivity index (χ0v) is 21.5. The van der Waals surface area contributed by atoms with E-state index in [-0.39, 0.29) is 11.3 Å². The van der Waals surface area contributed by atoms with E-state index in [0.717, 1.165) is 38.5 Å². The van der Waals surface area contributed by atoms with E-state index < -0.39 is 11.2 Å². The van der Waals surface area contributed by atoms with Crippen molar-refractivity contribution in [1.82, 2.24) is 9.78 Å². The number of nitriles is 1. The molecular weight excluding hydrogens is 426 g/mol. The van der Waals surface area contributed by atoms with Crippen molar-refractivity contribution in [3.63, 3.8) is 0 Å². The van der Waals surface area contributed by atoms with E-state index in [1.165, 1.54) is 19.3 Å². The van der Waals surface area contributed by atoms with Crippen molar-refractivity contribution in [3.8, 4) is 6.07 Å². The Bertz CT molecular complexity index is 957. The van der Waals surface area contributed by atoms with Crippen molar-refractivity contribution in [3.05, 3.63) is 18.0 Å². The lowest BCUT2D eigenvalue weighted by molar-refractivity contribution is -0.187. The normalized spacial score (nSPS) is 46.7. The third kappa shape index (κ3) is 3.49. The number of rotatable bonds is 5. The average Bonchev–Trinajstić information content (AvgIpc) is 3.37. The van der Waals surface area contributed by atoms with Crippen LogP contribution in [-0.4, -0.2) is 44.9 Å². The summed E-state index contributed by atoms with van der Waals surface area (Å²) < 4.78 is 7.20. The van der Waals surface area contributed by atoms with Crippen LogP contribution in [0.25, 0.3) is 0 Å². The first-order chi connectivity index (χ1) is 16.1. The largest absolute Gasteiger partial charge is 0.389 e. The fourth-order valence-electron chi connectivity index (χ4n) is 9.54. The van der Waals surface area contributed by atoms with Crippen molar-refractivity contribution < 1.29 is 14.9 Å². The highest BCUT2D eigenvalue weighted by Gasteiger charge is 2.66. The molecule has 0 spiro atoms. The van der Waals surface area contributed by atoms with Gasteiger partial charge in [0.2, 0.25) is 0 Å². The lowest BCUT2D eigenvalue weighted by atomic mass is 9.43. The number of aliphatic hydroxyl groups is 2. The van der Waals surface area contributed by atoms with Crippen LogP contribution in [0, 0.1) is 51.8 Å². The molecule has 0 radical (unpaired) electrons. The molecule has 4 aliphatic rings. The molecule has 2 N–H and O–H groups in total. The summed E-state index contributed by atoms with van der Waals surface area (Å²) in [6.45, 7) is 8.15. The molecule has 34 heavy (non-hydrogen) atoms. The summed E-state index contributed by atoms with van der Waals surface area (Å²) in [7, 11) is 1.70. The highest BCUT2D eigenvalue weighted by Crippen LogP contribution is 2.69. The molecule has 9 atom stereocenters. The molecule has 6 nitrogen and oxygen atoms in total. The lowest BCUT2D eigenvalue weighted by Crippen LogP contribution is -2.59. The van der Waals surface area contributed by atoms with Crippen molar-refractivity contribution in [1.29, 1.82) is 5.26 Å². The van der Waals surface area contributed by atoms with Crippen LogP contribution in [0.3, 0.4) is 0 Å². The summed E-state index contributed by atoms with van der Waals surface area (Å²) in [5, 5.41) is 36.8. The topological polar surface area (TPSA) is 91.3 Å². The molecular formula is C28H43N3O3. The molecule has 0 aromatic carbocycles. The number of hydrogen-bond donors (Lipinski definition) is 2. The second kappa shape index (κ2) is 8.32. The maximum Gasteiger partial charge on any atom is 0.102 e. The minimum Gasteiger partial charge on any atom is -0.389 e. The van der Waals surface area contributed by atoms with Gasteiger partial charge in [0, 0.05) is 25.8 Å². The van der Waals surface area contributed by atoms with Gasteiger partial charge in [-0.15, -0.1) is 0 Å². The highest BCUT2D eigenvalue weighted by molar-refractivity contribution is 5.22. The molecule has 5 rings (SSSR count). The van der Waals surface area contributed by atoms with E-state index in [2.05, 4.69) is 31.9 Å². The van der Waals surface area contributed by atoms with Crippen molar-refractivity contribution in [2.24, 2.45) is 40.4 Å². The Balaban J connectivity index is 1.35. The van der Waals surface area contributed by atoms with Crippen molar-refractivity contribution in [2.45, 2.75) is 96.3 Å². The van der Waals surface area contributed by atoms with Crippen LogP contribution in [-0.2, 0) is 11.3 Å². The third-order valence-corrected chi connectivity index (χ3v) is 11.5. The van der Waals surface area contributed by atoms with Crippen LogP contribution in [0.15, 0.2) is 12.4 Å². The standard InChI is InChI=1S/C28H43N3O3/c1-19(16-31-17-20(14-29)15-30-31)28(33)10-8-24-22-6-5-21-13-27(32,18-34-4)12-11-25(21,2)23(22)7-9-26(24,28)3/h15,17,19,21-24,32-33H,5-13,16,18H2,1-4H3/t19?,21-,22-,23?,24?,25+,26+,27-,28+/m1/s1. The molecule has 3 unspecified atom stereocenters. The minimum absolute atomic E-state index is 0.0759. The summed E-state index contributed by atoms with van der Waals surface area (Å²) in [6, 6.07) is 2.15. The quantitative estimate of drug-likeness (QED) is 0.660. The molecule has 1 aromatic heterocycles. The monoisotopic (exact) mass is 469 g/mol. The number of nitrogens with zero attached hydrogens (tertiary/aromatic N) is 3. The number of methoxy groups -OCH3 is 1. The SMILES string of the molecule is COC[C@@]1(O)CC[C@]2(C)C3CC[C@@]4(C)C(CC[C@]4(O)C(C)Cn4cc(C#N)cn4)[C@@H]3CC[C@@H]2C1. The Morgan fingerprint density at radius 2 is 1.91 bits per heavy atom. The fraction of sp³-hybridized carbons (Fsp3) is 0.857. The predicted octanol–water partition coefficient (Wildman–Crippen LogP) is 4.54. The van der Waals surface area contributed by atoms with Gasteiger partial charge in [0.05, 0.1) is 29.6 Å². The molecule has 4 saturated carbocycles. The molecule has 0 aliphatic heterocycles. The molecule has 1 aromatic rings. The van der Waals surface area contributed by atoms with Gasteiger partial charge in [-0.25, -0.2) is 0 Å². The highest BCUT2D eigenvalue weighted by atomic mass is 16.5. The van der Waals surface area contributed by atoms with Gasteiger partial charge in [-0.1, -0.05) is 20.8 Å². The van der Waals surface area contributed by atoms with E-state index in [1.54, 1.807) is 19.5 Å². The number of aromatic nitrogens is 2. The van der Waals surface area contributed by atoms with Crippen LogP contribution in [0.5, 0.6) is 0 Å². The number of fused-ring (bicyclic) bond motifs is 5. The second-order valence-corrected chi connectivity index (χ2v) is 12.9. The first-order valence-corrected chi connectivity index (χ1v) is 13.4. The number of hydrogen-bond acceptors (Lipinski definition) is 5. The van der Waals surface area contributed by atoms with Gasteiger partial charge in [0.25, 0.3) is 0 Å².